The SMILES string of the molecule is CN(C)c1ncncc1N1CCC(C(=O)NCCN2CCc3ccccc3C2)CC1. The van der Waals surface area contributed by atoms with Crippen LogP contribution < -0.4 is 15.1 Å². The second-order valence-electron chi connectivity index (χ2n) is 8.47. The van der Waals surface area contributed by atoms with Gasteiger partial charge in [0.25, 0.3) is 0 Å². The van der Waals surface area contributed by atoms with Gasteiger partial charge in [-0.3, -0.25) is 9.69 Å². The molecule has 0 saturated carbocycles. The number of aromatic nitrogens is 2. The summed E-state index contributed by atoms with van der Waals surface area (Å²) < 4.78 is 0. The summed E-state index contributed by atoms with van der Waals surface area (Å²) in [5, 5.41) is 3.18. The predicted octanol–water partition coefficient (Wildman–Crippen LogP) is 1.93. The fraction of sp³-hybridized carbons (Fsp3) is 0.522. The molecule has 0 bridgehead atoms. The lowest BCUT2D eigenvalue weighted by Gasteiger charge is -2.34. The number of rotatable bonds is 6. The molecular formula is C23H32N6O. The highest BCUT2D eigenvalue weighted by Gasteiger charge is 2.27. The molecule has 2 aliphatic rings. The number of benzene rings is 1. The molecule has 1 amide bonds. The maximum Gasteiger partial charge on any atom is 0.223 e. The molecular weight excluding hydrogens is 376 g/mol. The summed E-state index contributed by atoms with van der Waals surface area (Å²) in [7, 11) is 3.99. The molecule has 30 heavy (non-hydrogen) atoms. The third-order valence-corrected chi connectivity index (χ3v) is 6.24. The van der Waals surface area contributed by atoms with E-state index in [2.05, 4.69) is 49.4 Å². The Labute approximate surface area is 179 Å². The minimum atomic E-state index is 0.0933. The fourth-order valence-corrected chi connectivity index (χ4v) is 4.49. The lowest BCUT2D eigenvalue weighted by molar-refractivity contribution is -0.125. The van der Waals surface area contributed by atoms with Crippen molar-refractivity contribution in [1.29, 1.82) is 0 Å². The molecule has 0 aliphatic carbocycles. The molecule has 1 saturated heterocycles. The van der Waals surface area contributed by atoms with Crippen LogP contribution in [0, 0.1) is 5.92 Å². The van der Waals surface area contributed by atoms with Crippen molar-refractivity contribution in [2.24, 2.45) is 5.92 Å². The van der Waals surface area contributed by atoms with Crippen LogP contribution in [0.15, 0.2) is 36.8 Å². The number of piperidine rings is 1. The van der Waals surface area contributed by atoms with Crippen molar-refractivity contribution in [2.75, 3.05) is 56.6 Å². The Bertz CT molecular complexity index is 862. The van der Waals surface area contributed by atoms with Gasteiger partial charge in [0.15, 0.2) is 5.82 Å². The molecule has 0 spiro atoms. The monoisotopic (exact) mass is 408 g/mol. The van der Waals surface area contributed by atoms with E-state index in [-0.39, 0.29) is 11.8 Å². The topological polar surface area (TPSA) is 64.6 Å². The Hall–Kier alpha value is -2.67. The molecule has 160 valence electrons. The summed E-state index contributed by atoms with van der Waals surface area (Å²) in [6.07, 6.45) is 6.29. The first-order valence-corrected chi connectivity index (χ1v) is 10.9. The molecule has 0 radical (unpaired) electrons. The zero-order chi connectivity index (χ0) is 20.9. The maximum absolute atomic E-state index is 12.7. The van der Waals surface area contributed by atoms with Crippen molar-refractivity contribution in [1.82, 2.24) is 20.2 Å². The van der Waals surface area contributed by atoms with E-state index in [1.54, 1.807) is 6.33 Å². The maximum atomic E-state index is 12.7. The van der Waals surface area contributed by atoms with E-state index in [0.29, 0.717) is 0 Å². The van der Waals surface area contributed by atoms with E-state index in [1.165, 1.54) is 11.1 Å². The van der Waals surface area contributed by atoms with Gasteiger partial charge < -0.3 is 15.1 Å². The number of hydrogen-bond donors (Lipinski definition) is 1. The van der Waals surface area contributed by atoms with Gasteiger partial charge in [0.2, 0.25) is 5.91 Å². The fourth-order valence-electron chi connectivity index (χ4n) is 4.49. The van der Waals surface area contributed by atoms with E-state index >= 15 is 0 Å². The van der Waals surface area contributed by atoms with E-state index < -0.39 is 0 Å². The number of carbonyl (C=O) groups excluding carboxylic acids is 1. The van der Waals surface area contributed by atoms with E-state index in [0.717, 1.165) is 70.0 Å². The Kier molecular flexibility index (Phi) is 6.47. The minimum absolute atomic E-state index is 0.0933. The highest BCUT2D eigenvalue weighted by atomic mass is 16.1. The molecule has 3 heterocycles. The lowest BCUT2D eigenvalue weighted by Crippen LogP contribution is -2.43. The lowest BCUT2D eigenvalue weighted by atomic mass is 9.95. The first-order chi connectivity index (χ1) is 14.6. The van der Waals surface area contributed by atoms with Crippen LogP contribution >= 0.6 is 0 Å². The highest BCUT2D eigenvalue weighted by Crippen LogP contribution is 2.29. The zero-order valence-corrected chi connectivity index (χ0v) is 18.0. The van der Waals surface area contributed by atoms with Crippen LogP contribution in [-0.4, -0.2) is 67.6 Å². The molecule has 7 heteroatoms. The van der Waals surface area contributed by atoms with Gasteiger partial charge in [0, 0.05) is 59.3 Å². The van der Waals surface area contributed by atoms with Gasteiger partial charge in [-0.2, -0.15) is 0 Å². The summed E-state index contributed by atoms with van der Waals surface area (Å²) in [6.45, 7) is 5.39. The second kappa shape index (κ2) is 9.43. The summed E-state index contributed by atoms with van der Waals surface area (Å²) in [5.41, 5.74) is 3.93. The number of fused-ring (bicyclic) bond motifs is 1. The van der Waals surface area contributed by atoms with Gasteiger partial charge in [-0.05, 0) is 30.4 Å². The van der Waals surface area contributed by atoms with Gasteiger partial charge in [0.05, 0.1) is 11.9 Å². The Balaban J connectivity index is 1.22. The first kappa shape index (κ1) is 20.6. The van der Waals surface area contributed by atoms with Crippen molar-refractivity contribution in [2.45, 2.75) is 25.8 Å². The van der Waals surface area contributed by atoms with E-state index in [9.17, 15) is 4.79 Å². The Morgan fingerprint density at radius 1 is 1.17 bits per heavy atom. The highest BCUT2D eigenvalue weighted by molar-refractivity contribution is 5.79. The molecule has 1 aromatic carbocycles. The standard InChI is InChI=1S/C23H32N6O/c1-27(2)22-21(15-24-17-26-22)29-12-8-19(9-13-29)23(30)25-10-14-28-11-7-18-5-3-4-6-20(18)16-28/h3-6,15,17,19H,7-14,16H2,1-2H3,(H,25,30). The van der Waals surface area contributed by atoms with Crippen molar-refractivity contribution >= 4 is 17.4 Å². The largest absolute Gasteiger partial charge is 0.367 e. The van der Waals surface area contributed by atoms with E-state index in [1.807, 2.05) is 25.2 Å². The first-order valence-electron chi connectivity index (χ1n) is 10.9. The molecule has 1 N–H and O–H groups in total. The quantitative estimate of drug-likeness (QED) is 0.788. The summed E-state index contributed by atoms with van der Waals surface area (Å²) >= 11 is 0. The van der Waals surface area contributed by atoms with Crippen LogP contribution in [-0.2, 0) is 17.8 Å². The van der Waals surface area contributed by atoms with Crippen molar-refractivity contribution in [3.05, 3.63) is 47.9 Å². The van der Waals surface area contributed by atoms with Crippen LogP contribution in [0.3, 0.4) is 0 Å². The number of nitrogens with zero attached hydrogens (tertiary/aromatic N) is 5. The number of anilines is 2. The molecule has 4 rings (SSSR count). The molecule has 1 fully saturated rings. The van der Waals surface area contributed by atoms with Gasteiger partial charge in [-0.1, -0.05) is 24.3 Å². The number of hydrogen-bond acceptors (Lipinski definition) is 6. The summed E-state index contributed by atoms with van der Waals surface area (Å²) in [4.78, 5) is 28.0. The van der Waals surface area contributed by atoms with Gasteiger partial charge in [-0.15, -0.1) is 0 Å². The zero-order valence-electron chi connectivity index (χ0n) is 18.0. The Morgan fingerprint density at radius 2 is 1.93 bits per heavy atom. The minimum Gasteiger partial charge on any atom is -0.367 e. The molecule has 1 aromatic heterocycles. The normalized spacial score (nSPS) is 17.5. The van der Waals surface area contributed by atoms with Gasteiger partial charge in [-0.25, -0.2) is 9.97 Å². The molecule has 2 aliphatic heterocycles. The Morgan fingerprint density at radius 3 is 2.70 bits per heavy atom. The molecule has 0 atom stereocenters. The van der Waals surface area contributed by atoms with Crippen molar-refractivity contribution < 1.29 is 4.79 Å². The second-order valence-corrected chi connectivity index (χ2v) is 8.47. The number of nitrogens with one attached hydrogen (secondary N) is 1. The number of carbonyl (C=O) groups is 1. The van der Waals surface area contributed by atoms with Crippen LogP contribution in [0.25, 0.3) is 0 Å². The van der Waals surface area contributed by atoms with Crippen LogP contribution in [0.2, 0.25) is 0 Å². The van der Waals surface area contributed by atoms with Crippen molar-refractivity contribution in [3.63, 3.8) is 0 Å². The predicted molar refractivity (Wildman–Crippen MR) is 120 cm³/mol. The average Bonchev–Trinajstić information content (AvgIpc) is 2.79. The third-order valence-electron chi connectivity index (χ3n) is 6.24. The molecule has 0 unspecified atom stereocenters. The number of amides is 1. The van der Waals surface area contributed by atoms with Crippen LogP contribution in [0.1, 0.15) is 24.0 Å². The summed E-state index contributed by atoms with van der Waals surface area (Å²) in [6, 6.07) is 8.67. The average molecular weight is 409 g/mol. The van der Waals surface area contributed by atoms with Gasteiger partial charge in [0.1, 0.15) is 6.33 Å². The smallest absolute Gasteiger partial charge is 0.223 e. The van der Waals surface area contributed by atoms with E-state index in [4.69, 9.17) is 0 Å². The summed E-state index contributed by atoms with van der Waals surface area (Å²) in [5.74, 6) is 1.22. The van der Waals surface area contributed by atoms with Crippen LogP contribution in [0.4, 0.5) is 11.5 Å². The molecule has 2 aromatic rings. The molecule has 7 nitrogen and oxygen atoms in total. The van der Waals surface area contributed by atoms with Crippen molar-refractivity contribution in [3.8, 4) is 0 Å². The van der Waals surface area contributed by atoms with Crippen LogP contribution in [0.5, 0.6) is 0 Å². The third kappa shape index (κ3) is 4.73. The van der Waals surface area contributed by atoms with Gasteiger partial charge >= 0.3 is 0 Å².